The lowest BCUT2D eigenvalue weighted by Gasteiger charge is -2.41. The second kappa shape index (κ2) is 6.72. The van der Waals surface area contributed by atoms with Gasteiger partial charge in [0.25, 0.3) is 0 Å². The molecule has 2 aromatic rings. The van der Waals surface area contributed by atoms with Crippen molar-refractivity contribution in [3.63, 3.8) is 0 Å². The van der Waals surface area contributed by atoms with Crippen LogP contribution >= 0.6 is 0 Å². The van der Waals surface area contributed by atoms with Crippen LogP contribution in [0, 0.1) is 23.4 Å². The molecule has 0 radical (unpaired) electrons. The van der Waals surface area contributed by atoms with Crippen LogP contribution in [-0.2, 0) is 9.59 Å². The van der Waals surface area contributed by atoms with E-state index in [1.165, 1.54) is 17.0 Å². The highest BCUT2D eigenvalue weighted by atomic mass is 19.2. The Morgan fingerprint density at radius 3 is 2.37 bits per heavy atom. The maximum atomic E-state index is 13.8. The fraction of sp³-hybridized carbons (Fsp3) is 0.300. The quantitative estimate of drug-likeness (QED) is 0.829. The zero-order valence-electron chi connectivity index (χ0n) is 14.4. The van der Waals surface area contributed by atoms with Gasteiger partial charge in [0, 0.05) is 43.7 Å². The highest BCUT2D eigenvalue weighted by Crippen LogP contribution is 2.33. The van der Waals surface area contributed by atoms with Crippen molar-refractivity contribution >= 4 is 17.5 Å². The predicted molar refractivity (Wildman–Crippen MR) is 92.5 cm³/mol. The summed E-state index contributed by atoms with van der Waals surface area (Å²) in [6, 6.07) is 9.73. The first kappa shape index (κ1) is 17.6. The number of halogens is 3. The van der Waals surface area contributed by atoms with Crippen LogP contribution in [0.1, 0.15) is 17.9 Å². The van der Waals surface area contributed by atoms with Crippen LogP contribution in [0.25, 0.3) is 0 Å². The van der Waals surface area contributed by atoms with Gasteiger partial charge in [-0.1, -0.05) is 18.2 Å². The van der Waals surface area contributed by atoms with Gasteiger partial charge in [-0.15, -0.1) is 0 Å². The summed E-state index contributed by atoms with van der Waals surface area (Å²) in [4.78, 5) is 27.8. The first-order chi connectivity index (χ1) is 12.9. The number of carbonyl (C=O) groups excluding carboxylic acids is 2. The van der Waals surface area contributed by atoms with Crippen molar-refractivity contribution in [2.75, 3.05) is 24.5 Å². The number of hydrogen-bond acceptors (Lipinski definition) is 2. The lowest BCUT2D eigenvalue weighted by atomic mass is 9.89. The Labute approximate surface area is 154 Å². The summed E-state index contributed by atoms with van der Waals surface area (Å²) in [7, 11) is 0. The third-order valence-electron chi connectivity index (χ3n) is 5.23. The minimum Gasteiger partial charge on any atom is -0.341 e. The summed E-state index contributed by atoms with van der Waals surface area (Å²) in [5.74, 6) is -3.35. The number of likely N-dealkylation sites (tertiary alicyclic amines) is 1. The molecule has 2 amide bonds. The summed E-state index contributed by atoms with van der Waals surface area (Å²) in [6.45, 7) is 0.953. The molecule has 2 aliphatic rings. The summed E-state index contributed by atoms with van der Waals surface area (Å²) >= 11 is 0. The van der Waals surface area contributed by atoms with Gasteiger partial charge in [0.1, 0.15) is 5.82 Å². The van der Waals surface area contributed by atoms with Crippen molar-refractivity contribution in [3.05, 3.63) is 65.5 Å². The van der Waals surface area contributed by atoms with Crippen LogP contribution in [0.3, 0.4) is 0 Å². The monoisotopic (exact) mass is 374 g/mol. The fourth-order valence-electron chi connectivity index (χ4n) is 3.70. The Morgan fingerprint density at radius 2 is 1.67 bits per heavy atom. The van der Waals surface area contributed by atoms with Crippen molar-refractivity contribution in [3.8, 4) is 0 Å². The Kier molecular flexibility index (Phi) is 4.37. The molecule has 4 nitrogen and oxygen atoms in total. The molecule has 0 spiro atoms. The van der Waals surface area contributed by atoms with Crippen LogP contribution in [0.4, 0.5) is 18.9 Å². The zero-order valence-corrected chi connectivity index (χ0v) is 14.4. The molecule has 0 aliphatic carbocycles. The highest BCUT2D eigenvalue weighted by molar-refractivity contribution is 6.00. The molecular formula is C20H17F3N2O2. The van der Waals surface area contributed by atoms with E-state index in [2.05, 4.69) is 0 Å². The number of benzene rings is 2. The maximum absolute atomic E-state index is 13.8. The van der Waals surface area contributed by atoms with E-state index in [9.17, 15) is 22.8 Å². The molecule has 0 saturated carbocycles. The lowest BCUT2D eigenvalue weighted by Crippen LogP contribution is -2.51. The number of carbonyl (C=O) groups is 2. The Bertz CT molecular complexity index is 912. The predicted octanol–water partition coefficient (Wildman–Crippen LogP) is 3.08. The van der Waals surface area contributed by atoms with Crippen molar-refractivity contribution < 1.29 is 22.8 Å². The van der Waals surface area contributed by atoms with E-state index in [0.717, 1.165) is 12.1 Å². The maximum Gasteiger partial charge on any atom is 0.228 e. The molecule has 2 aromatic carbocycles. The van der Waals surface area contributed by atoms with E-state index in [-0.39, 0.29) is 42.2 Å². The molecule has 0 aromatic heterocycles. The van der Waals surface area contributed by atoms with E-state index >= 15 is 0 Å². The minimum absolute atomic E-state index is 0.0265. The van der Waals surface area contributed by atoms with Gasteiger partial charge in [-0.2, -0.15) is 0 Å². The van der Waals surface area contributed by atoms with Crippen molar-refractivity contribution in [2.45, 2.75) is 12.3 Å². The molecule has 140 valence electrons. The fourth-order valence-corrected chi connectivity index (χ4v) is 3.70. The van der Waals surface area contributed by atoms with E-state index in [4.69, 9.17) is 0 Å². The van der Waals surface area contributed by atoms with Crippen LogP contribution in [0.15, 0.2) is 42.5 Å². The molecule has 1 unspecified atom stereocenters. The summed E-state index contributed by atoms with van der Waals surface area (Å²) < 4.78 is 40.3. The molecular weight excluding hydrogens is 357 g/mol. The summed E-state index contributed by atoms with van der Waals surface area (Å²) in [5.41, 5.74) is 0.828. The largest absolute Gasteiger partial charge is 0.341 e. The lowest BCUT2D eigenvalue weighted by molar-refractivity contribution is -0.140. The highest BCUT2D eigenvalue weighted by Gasteiger charge is 2.41. The molecule has 2 heterocycles. The third kappa shape index (κ3) is 3.18. The number of rotatable bonds is 3. The minimum atomic E-state index is -1.04. The number of anilines is 1. The summed E-state index contributed by atoms with van der Waals surface area (Å²) in [5, 5.41) is 0. The molecule has 0 N–H and O–H groups in total. The van der Waals surface area contributed by atoms with Crippen LogP contribution in [0.2, 0.25) is 0 Å². The number of amides is 2. The number of nitrogens with zero attached hydrogens (tertiary/aromatic N) is 2. The molecule has 0 bridgehead atoms. The molecule has 4 rings (SSSR count). The van der Waals surface area contributed by atoms with Gasteiger partial charge in [-0.05, 0) is 23.8 Å². The molecule has 2 aliphatic heterocycles. The van der Waals surface area contributed by atoms with Crippen molar-refractivity contribution in [1.82, 2.24) is 4.90 Å². The van der Waals surface area contributed by atoms with Gasteiger partial charge in [0.05, 0.1) is 5.92 Å². The Hall–Kier alpha value is -2.83. The smallest absolute Gasteiger partial charge is 0.228 e. The average molecular weight is 374 g/mol. The topological polar surface area (TPSA) is 40.6 Å². The SMILES string of the molecule is O=C(C1CC(=O)N(c2ccc(F)c(F)c2)C1)N1CC(c2ccccc2F)C1. The summed E-state index contributed by atoms with van der Waals surface area (Å²) in [6.07, 6.45) is 0.0265. The van der Waals surface area contributed by atoms with Crippen LogP contribution in [0.5, 0.6) is 0 Å². The molecule has 2 saturated heterocycles. The molecule has 2 fully saturated rings. The first-order valence-electron chi connectivity index (χ1n) is 8.72. The molecule has 7 heteroatoms. The Balaban J connectivity index is 1.40. The van der Waals surface area contributed by atoms with E-state index in [0.29, 0.717) is 18.7 Å². The van der Waals surface area contributed by atoms with Gasteiger partial charge >= 0.3 is 0 Å². The van der Waals surface area contributed by atoms with Gasteiger partial charge in [-0.3, -0.25) is 9.59 Å². The first-order valence-corrected chi connectivity index (χ1v) is 8.72. The standard InChI is InChI=1S/C20H17F3N2O2/c21-16-4-2-1-3-15(16)13-9-24(10-13)20(27)12-7-19(26)25(11-12)14-5-6-17(22)18(23)8-14/h1-6,8,12-13H,7,9-11H2. The second-order valence-corrected chi connectivity index (χ2v) is 6.97. The van der Waals surface area contributed by atoms with Gasteiger partial charge < -0.3 is 9.80 Å². The van der Waals surface area contributed by atoms with Crippen molar-refractivity contribution in [2.24, 2.45) is 5.92 Å². The van der Waals surface area contributed by atoms with E-state index in [1.54, 1.807) is 23.1 Å². The number of hydrogen-bond donors (Lipinski definition) is 0. The third-order valence-corrected chi connectivity index (χ3v) is 5.23. The zero-order chi connectivity index (χ0) is 19.1. The van der Waals surface area contributed by atoms with Crippen LogP contribution in [-0.4, -0.2) is 36.3 Å². The van der Waals surface area contributed by atoms with E-state index in [1.807, 2.05) is 0 Å². The Morgan fingerprint density at radius 1 is 0.926 bits per heavy atom. The van der Waals surface area contributed by atoms with Gasteiger partial charge in [0.15, 0.2) is 11.6 Å². The van der Waals surface area contributed by atoms with Gasteiger partial charge in [-0.25, -0.2) is 13.2 Å². The van der Waals surface area contributed by atoms with E-state index < -0.39 is 17.6 Å². The molecule has 1 atom stereocenters. The van der Waals surface area contributed by atoms with Gasteiger partial charge in [0.2, 0.25) is 11.8 Å². The molecule has 27 heavy (non-hydrogen) atoms. The second-order valence-electron chi connectivity index (χ2n) is 6.97. The average Bonchev–Trinajstić information content (AvgIpc) is 2.99. The van der Waals surface area contributed by atoms with Crippen molar-refractivity contribution in [1.29, 1.82) is 0 Å². The van der Waals surface area contributed by atoms with Crippen LogP contribution < -0.4 is 4.90 Å². The normalized spacial score (nSPS) is 20.1.